The van der Waals surface area contributed by atoms with Crippen LogP contribution in [0.5, 0.6) is 5.75 Å². The maximum atomic E-state index is 12.9. The van der Waals surface area contributed by atoms with Crippen molar-refractivity contribution in [3.05, 3.63) is 97.5 Å². The van der Waals surface area contributed by atoms with Crippen molar-refractivity contribution in [1.82, 2.24) is 5.32 Å². The number of urea groups is 1. The number of carbonyl (C=O) groups is 2. The highest BCUT2D eigenvalue weighted by atomic mass is 79.9. The number of rotatable bonds is 5. The van der Waals surface area contributed by atoms with Crippen LogP contribution in [0.4, 0.5) is 10.5 Å². The fourth-order valence-electron chi connectivity index (χ4n) is 3.02. The van der Waals surface area contributed by atoms with Crippen LogP contribution in [0.25, 0.3) is 6.08 Å². The van der Waals surface area contributed by atoms with Crippen LogP contribution in [0.3, 0.4) is 0 Å². The lowest BCUT2D eigenvalue weighted by Crippen LogP contribution is -2.30. The Kier molecular flexibility index (Phi) is 6.46. The summed E-state index contributed by atoms with van der Waals surface area (Å²) in [5.74, 6) is 0.136. The third-order valence-corrected chi connectivity index (χ3v) is 5.82. The molecule has 0 aromatic heterocycles. The first kappa shape index (κ1) is 21.6. The van der Waals surface area contributed by atoms with Gasteiger partial charge in [-0.05, 0) is 66.2 Å². The van der Waals surface area contributed by atoms with Gasteiger partial charge in [0.2, 0.25) is 0 Å². The van der Waals surface area contributed by atoms with Crippen molar-refractivity contribution in [2.45, 2.75) is 6.61 Å². The third kappa shape index (κ3) is 5.01. The molecular formula is C23H15Br2ClN2O3. The minimum atomic E-state index is -0.522. The average Bonchev–Trinajstić information content (AvgIpc) is 3.02. The summed E-state index contributed by atoms with van der Waals surface area (Å²) in [6, 6.07) is 19.3. The molecule has 0 saturated carbocycles. The van der Waals surface area contributed by atoms with Crippen molar-refractivity contribution < 1.29 is 14.3 Å². The second-order valence-corrected chi connectivity index (χ2v) is 8.97. The van der Waals surface area contributed by atoms with E-state index in [2.05, 4.69) is 37.2 Å². The fourth-order valence-corrected chi connectivity index (χ4v) is 3.79. The van der Waals surface area contributed by atoms with Crippen LogP contribution < -0.4 is 15.0 Å². The van der Waals surface area contributed by atoms with Gasteiger partial charge in [-0.3, -0.25) is 4.79 Å². The van der Waals surface area contributed by atoms with E-state index >= 15 is 0 Å². The van der Waals surface area contributed by atoms with Gasteiger partial charge in [-0.2, -0.15) is 0 Å². The number of carbonyl (C=O) groups excluding carboxylic acids is 2. The maximum Gasteiger partial charge on any atom is 0.333 e. The number of nitrogens with one attached hydrogen (secondary N) is 1. The van der Waals surface area contributed by atoms with Crippen LogP contribution in [0.15, 0.2) is 81.4 Å². The van der Waals surface area contributed by atoms with Gasteiger partial charge in [0.25, 0.3) is 5.91 Å². The van der Waals surface area contributed by atoms with E-state index in [1.165, 1.54) is 0 Å². The number of hydrogen-bond donors (Lipinski definition) is 1. The topological polar surface area (TPSA) is 58.6 Å². The normalized spacial score (nSPS) is 14.8. The molecule has 1 aliphatic heterocycles. The summed E-state index contributed by atoms with van der Waals surface area (Å²) in [7, 11) is 0. The molecule has 3 aromatic carbocycles. The summed E-state index contributed by atoms with van der Waals surface area (Å²) in [4.78, 5) is 26.4. The fraction of sp³-hybridized carbons (Fsp3) is 0.0435. The number of ether oxygens (including phenoxy) is 1. The average molecular weight is 563 g/mol. The Labute approximate surface area is 200 Å². The van der Waals surface area contributed by atoms with Crippen molar-refractivity contribution in [1.29, 1.82) is 0 Å². The molecular weight excluding hydrogens is 548 g/mol. The van der Waals surface area contributed by atoms with E-state index < -0.39 is 11.9 Å². The van der Waals surface area contributed by atoms with Gasteiger partial charge >= 0.3 is 6.03 Å². The SMILES string of the molecule is O=C1N/C(=C/c2cc(Br)ccc2OCc2ccc(Br)cc2)C(=O)N1c1ccc(Cl)cc1. The number of hydrogen-bond acceptors (Lipinski definition) is 3. The van der Waals surface area contributed by atoms with Crippen LogP contribution in [-0.2, 0) is 11.4 Å². The molecule has 3 amide bonds. The van der Waals surface area contributed by atoms with E-state index in [0.29, 0.717) is 28.6 Å². The minimum absolute atomic E-state index is 0.159. The number of imide groups is 1. The smallest absolute Gasteiger partial charge is 0.333 e. The standard InChI is InChI=1S/C23H15Br2ClN2O3/c24-16-3-1-14(2-4-16)13-31-21-10-5-17(25)11-15(21)12-20-22(29)28(23(30)27-20)19-8-6-18(26)7-9-19/h1-12H,13H2,(H,27,30)/b20-12+. The molecule has 0 atom stereocenters. The summed E-state index contributed by atoms with van der Waals surface area (Å²) >= 11 is 12.8. The van der Waals surface area contributed by atoms with Gasteiger partial charge in [0.1, 0.15) is 18.1 Å². The molecule has 0 bridgehead atoms. The zero-order valence-electron chi connectivity index (χ0n) is 15.9. The quantitative estimate of drug-likeness (QED) is 0.284. The largest absolute Gasteiger partial charge is 0.488 e. The Hall–Kier alpha value is -2.61. The lowest BCUT2D eigenvalue weighted by molar-refractivity contribution is -0.113. The summed E-state index contributed by atoms with van der Waals surface area (Å²) in [6.07, 6.45) is 1.61. The van der Waals surface area contributed by atoms with E-state index in [9.17, 15) is 9.59 Å². The molecule has 3 aromatic rings. The van der Waals surface area contributed by atoms with Crippen LogP contribution in [0, 0.1) is 0 Å². The molecule has 1 heterocycles. The second-order valence-electron chi connectivity index (χ2n) is 6.70. The van der Waals surface area contributed by atoms with Gasteiger partial charge in [-0.15, -0.1) is 0 Å². The molecule has 0 spiro atoms. The number of anilines is 1. The van der Waals surface area contributed by atoms with Gasteiger partial charge < -0.3 is 10.1 Å². The molecule has 156 valence electrons. The van der Waals surface area contributed by atoms with Gasteiger partial charge in [0.05, 0.1) is 5.69 Å². The van der Waals surface area contributed by atoms with Crippen LogP contribution in [0.2, 0.25) is 5.02 Å². The Morgan fingerprint density at radius 3 is 2.32 bits per heavy atom. The highest BCUT2D eigenvalue weighted by Crippen LogP contribution is 2.29. The Morgan fingerprint density at radius 1 is 0.935 bits per heavy atom. The van der Waals surface area contributed by atoms with Crippen molar-refractivity contribution in [3.63, 3.8) is 0 Å². The molecule has 5 nitrogen and oxygen atoms in total. The van der Waals surface area contributed by atoms with Crippen molar-refractivity contribution >= 4 is 67.2 Å². The van der Waals surface area contributed by atoms with Crippen molar-refractivity contribution in [2.75, 3.05) is 4.90 Å². The lowest BCUT2D eigenvalue weighted by atomic mass is 10.1. The maximum absolute atomic E-state index is 12.9. The predicted octanol–water partition coefficient (Wildman–Crippen LogP) is 6.54. The van der Waals surface area contributed by atoms with Gasteiger partial charge in [0.15, 0.2) is 0 Å². The van der Waals surface area contributed by atoms with Gasteiger partial charge in [-0.1, -0.05) is 55.6 Å². The van der Waals surface area contributed by atoms with E-state index in [1.54, 1.807) is 30.3 Å². The Balaban J connectivity index is 1.59. The summed E-state index contributed by atoms with van der Waals surface area (Å²) < 4.78 is 7.79. The molecule has 4 rings (SSSR count). The Bertz CT molecular complexity index is 1180. The van der Waals surface area contributed by atoms with E-state index in [0.717, 1.165) is 19.4 Å². The molecule has 1 N–H and O–H groups in total. The first-order chi connectivity index (χ1) is 14.9. The number of amides is 3. The third-order valence-electron chi connectivity index (χ3n) is 4.54. The number of nitrogens with zero attached hydrogens (tertiary/aromatic N) is 1. The zero-order chi connectivity index (χ0) is 22.0. The highest BCUT2D eigenvalue weighted by Gasteiger charge is 2.35. The molecule has 1 saturated heterocycles. The van der Waals surface area contributed by atoms with Crippen molar-refractivity contribution in [2.24, 2.45) is 0 Å². The van der Waals surface area contributed by atoms with Gasteiger partial charge in [-0.25, -0.2) is 9.69 Å². The number of halogens is 3. The van der Waals surface area contributed by atoms with E-state index in [4.69, 9.17) is 16.3 Å². The first-order valence-corrected chi connectivity index (χ1v) is 11.2. The molecule has 1 aliphatic rings. The van der Waals surface area contributed by atoms with Crippen LogP contribution >= 0.6 is 43.5 Å². The lowest BCUT2D eigenvalue weighted by Gasteiger charge is -2.12. The molecule has 0 unspecified atom stereocenters. The monoisotopic (exact) mass is 560 g/mol. The Morgan fingerprint density at radius 2 is 1.61 bits per heavy atom. The van der Waals surface area contributed by atoms with Crippen LogP contribution in [-0.4, -0.2) is 11.9 Å². The summed E-state index contributed by atoms with van der Waals surface area (Å²) in [5.41, 5.74) is 2.26. The molecule has 31 heavy (non-hydrogen) atoms. The first-order valence-electron chi connectivity index (χ1n) is 9.20. The minimum Gasteiger partial charge on any atom is -0.488 e. The molecule has 0 aliphatic carbocycles. The summed E-state index contributed by atoms with van der Waals surface area (Å²) in [5, 5.41) is 3.15. The van der Waals surface area contributed by atoms with Gasteiger partial charge in [0, 0.05) is 19.5 Å². The highest BCUT2D eigenvalue weighted by molar-refractivity contribution is 9.10. The molecule has 1 fully saturated rings. The summed E-state index contributed by atoms with van der Waals surface area (Å²) in [6.45, 7) is 0.363. The molecule has 0 radical (unpaired) electrons. The number of benzene rings is 3. The molecule has 8 heteroatoms. The zero-order valence-corrected chi connectivity index (χ0v) is 19.9. The van der Waals surface area contributed by atoms with Crippen LogP contribution in [0.1, 0.15) is 11.1 Å². The van der Waals surface area contributed by atoms with Crippen molar-refractivity contribution in [3.8, 4) is 5.75 Å². The predicted molar refractivity (Wildman–Crippen MR) is 128 cm³/mol. The van der Waals surface area contributed by atoms with E-state index in [-0.39, 0.29) is 5.70 Å². The van der Waals surface area contributed by atoms with E-state index in [1.807, 2.05) is 42.5 Å². The second kappa shape index (κ2) is 9.26.